The Morgan fingerprint density at radius 1 is 0.750 bits per heavy atom. The molecule has 0 unspecified atom stereocenters. The Hall–Kier alpha value is 0.01000. The molecule has 0 aliphatic rings. The van der Waals surface area contributed by atoms with Crippen LogP contribution in [0.1, 0.15) is 0 Å². The van der Waals surface area contributed by atoms with Crippen LogP contribution < -0.4 is 5.73 Å². The van der Waals surface area contributed by atoms with Crippen molar-refractivity contribution in [1.29, 1.82) is 0 Å². The quantitative estimate of drug-likeness (QED) is 0.233. The van der Waals surface area contributed by atoms with Gasteiger partial charge in [0.15, 0.2) is 24.4 Å². The SMILES string of the molecule is Cl.NC(C(O)O)(C(O)O)C(O)O. The molecule has 12 heavy (non-hydrogen) atoms. The molecular weight excluding hydrogens is 193 g/mol. The van der Waals surface area contributed by atoms with Gasteiger partial charge >= 0.3 is 0 Å². The van der Waals surface area contributed by atoms with Crippen molar-refractivity contribution in [3.8, 4) is 0 Å². The number of aliphatic hydroxyl groups is 6. The lowest BCUT2D eigenvalue weighted by molar-refractivity contribution is -0.261. The molecule has 0 aromatic carbocycles. The standard InChI is InChI=1S/C4H11NO6.ClH/c5-4(1(6)7,2(8)9)3(10)11;/h1-3,6-11H,5H2;1H. The van der Waals surface area contributed by atoms with Crippen molar-refractivity contribution < 1.29 is 30.6 Å². The summed E-state index contributed by atoms with van der Waals surface area (Å²) in [5.74, 6) is 0. The molecule has 0 saturated carbocycles. The first-order chi connectivity index (χ1) is 4.83. The number of hydrogen-bond acceptors (Lipinski definition) is 7. The van der Waals surface area contributed by atoms with E-state index in [1.54, 1.807) is 0 Å². The van der Waals surface area contributed by atoms with Gasteiger partial charge in [-0.1, -0.05) is 0 Å². The van der Waals surface area contributed by atoms with Crippen molar-refractivity contribution >= 4 is 12.4 Å². The van der Waals surface area contributed by atoms with Crippen LogP contribution in [0.3, 0.4) is 0 Å². The number of aliphatic hydroxyl groups excluding tert-OH is 3. The monoisotopic (exact) mass is 205 g/mol. The maximum atomic E-state index is 8.40. The van der Waals surface area contributed by atoms with Gasteiger partial charge in [0.05, 0.1) is 0 Å². The van der Waals surface area contributed by atoms with E-state index < -0.39 is 24.4 Å². The Balaban J connectivity index is 0. The van der Waals surface area contributed by atoms with Gasteiger partial charge in [0.1, 0.15) is 0 Å². The van der Waals surface area contributed by atoms with Gasteiger partial charge < -0.3 is 36.4 Å². The van der Waals surface area contributed by atoms with Gasteiger partial charge in [0.25, 0.3) is 0 Å². The Labute approximate surface area is 74.1 Å². The molecule has 0 aliphatic heterocycles. The van der Waals surface area contributed by atoms with Crippen LogP contribution in [-0.4, -0.2) is 55.0 Å². The minimum Gasteiger partial charge on any atom is -0.366 e. The molecule has 8 heteroatoms. The fourth-order valence-electron chi connectivity index (χ4n) is 0.400. The molecule has 0 aromatic heterocycles. The van der Waals surface area contributed by atoms with Crippen LogP contribution in [0.2, 0.25) is 0 Å². The normalized spacial score (nSPS) is 12.5. The van der Waals surface area contributed by atoms with Gasteiger partial charge in [0.2, 0.25) is 0 Å². The lowest BCUT2D eigenvalue weighted by atomic mass is 9.99. The molecule has 0 spiro atoms. The second-order valence-electron chi connectivity index (χ2n) is 2.12. The first-order valence-corrected chi connectivity index (χ1v) is 2.70. The van der Waals surface area contributed by atoms with Crippen LogP contribution in [0.5, 0.6) is 0 Å². The highest BCUT2D eigenvalue weighted by molar-refractivity contribution is 5.85. The van der Waals surface area contributed by atoms with Crippen LogP contribution >= 0.6 is 12.4 Å². The largest absolute Gasteiger partial charge is 0.366 e. The van der Waals surface area contributed by atoms with Crippen molar-refractivity contribution in [3.05, 3.63) is 0 Å². The molecule has 0 aliphatic carbocycles. The summed E-state index contributed by atoms with van der Waals surface area (Å²) in [5, 5.41) is 50.4. The molecule has 8 N–H and O–H groups in total. The molecule has 0 heterocycles. The van der Waals surface area contributed by atoms with Crippen molar-refractivity contribution in [2.24, 2.45) is 5.73 Å². The third-order valence-electron chi connectivity index (χ3n) is 1.34. The average molecular weight is 206 g/mol. The molecular formula is C4H12ClNO6. The highest BCUT2D eigenvalue weighted by atomic mass is 35.5. The maximum Gasteiger partial charge on any atom is 0.180 e. The fourth-order valence-corrected chi connectivity index (χ4v) is 0.400. The molecule has 0 rings (SSSR count). The van der Waals surface area contributed by atoms with E-state index in [-0.39, 0.29) is 12.4 Å². The van der Waals surface area contributed by atoms with E-state index in [2.05, 4.69) is 0 Å². The molecule has 0 amide bonds. The summed E-state index contributed by atoms with van der Waals surface area (Å²) < 4.78 is 0. The topological polar surface area (TPSA) is 147 Å². The van der Waals surface area contributed by atoms with Crippen molar-refractivity contribution in [1.82, 2.24) is 0 Å². The predicted octanol–water partition coefficient (Wildman–Crippen LogP) is -3.96. The number of nitrogens with two attached hydrogens (primary N) is 1. The van der Waals surface area contributed by atoms with E-state index in [0.29, 0.717) is 0 Å². The molecule has 0 fully saturated rings. The second-order valence-corrected chi connectivity index (χ2v) is 2.12. The minimum atomic E-state index is -2.67. The number of halogens is 1. The highest BCUT2D eigenvalue weighted by Gasteiger charge is 2.46. The Morgan fingerprint density at radius 2 is 0.917 bits per heavy atom. The first-order valence-electron chi connectivity index (χ1n) is 2.70. The lowest BCUT2D eigenvalue weighted by Gasteiger charge is -2.33. The fraction of sp³-hybridized carbons (Fsp3) is 1.00. The van der Waals surface area contributed by atoms with E-state index >= 15 is 0 Å². The van der Waals surface area contributed by atoms with Gasteiger partial charge in [0, 0.05) is 0 Å². The van der Waals surface area contributed by atoms with Crippen molar-refractivity contribution in [3.63, 3.8) is 0 Å². The van der Waals surface area contributed by atoms with Crippen molar-refractivity contribution in [2.75, 3.05) is 0 Å². The Bertz CT molecular complexity index is 107. The summed E-state index contributed by atoms with van der Waals surface area (Å²) in [6, 6.07) is 0. The average Bonchev–Trinajstić information content (AvgIpc) is 1.84. The molecule has 0 atom stereocenters. The Kier molecular flexibility index (Phi) is 5.93. The highest BCUT2D eigenvalue weighted by Crippen LogP contribution is 2.13. The first kappa shape index (κ1) is 14.5. The zero-order valence-electron chi connectivity index (χ0n) is 5.90. The van der Waals surface area contributed by atoms with Gasteiger partial charge in [-0.25, -0.2) is 0 Å². The summed E-state index contributed by atoms with van der Waals surface area (Å²) in [6.45, 7) is 0. The van der Waals surface area contributed by atoms with E-state index in [0.717, 1.165) is 0 Å². The molecule has 0 radical (unpaired) electrons. The van der Waals surface area contributed by atoms with Crippen LogP contribution in [0, 0.1) is 0 Å². The van der Waals surface area contributed by atoms with E-state index in [1.807, 2.05) is 0 Å². The van der Waals surface area contributed by atoms with E-state index in [4.69, 9.17) is 36.4 Å². The van der Waals surface area contributed by atoms with E-state index in [9.17, 15) is 0 Å². The summed E-state index contributed by atoms with van der Waals surface area (Å²) >= 11 is 0. The van der Waals surface area contributed by atoms with Gasteiger partial charge in [-0.3, -0.25) is 0 Å². The molecule has 0 aromatic rings. The molecule has 76 valence electrons. The van der Waals surface area contributed by atoms with Crippen LogP contribution in [0.4, 0.5) is 0 Å². The van der Waals surface area contributed by atoms with Gasteiger partial charge in [-0.15, -0.1) is 12.4 Å². The lowest BCUT2D eigenvalue weighted by Crippen LogP contribution is -2.66. The van der Waals surface area contributed by atoms with Crippen molar-refractivity contribution in [2.45, 2.75) is 24.4 Å². The summed E-state index contributed by atoms with van der Waals surface area (Å²) in [7, 11) is 0. The maximum absolute atomic E-state index is 8.40. The Morgan fingerprint density at radius 3 is 0.917 bits per heavy atom. The number of hydrogen-bond donors (Lipinski definition) is 7. The van der Waals surface area contributed by atoms with Gasteiger partial charge in [-0.2, -0.15) is 0 Å². The zero-order chi connectivity index (χ0) is 9.23. The summed E-state index contributed by atoms with van der Waals surface area (Å²) in [4.78, 5) is 0. The third kappa shape index (κ3) is 2.51. The third-order valence-corrected chi connectivity index (χ3v) is 1.34. The smallest absolute Gasteiger partial charge is 0.180 e. The second kappa shape index (κ2) is 4.90. The molecule has 0 bridgehead atoms. The van der Waals surface area contributed by atoms with E-state index in [1.165, 1.54) is 0 Å². The van der Waals surface area contributed by atoms with Crippen LogP contribution in [0.25, 0.3) is 0 Å². The van der Waals surface area contributed by atoms with Crippen LogP contribution in [0.15, 0.2) is 0 Å². The van der Waals surface area contributed by atoms with Gasteiger partial charge in [-0.05, 0) is 0 Å². The van der Waals surface area contributed by atoms with Crippen LogP contribution in [-0.2, 0) is 0 Å². The summed E-state index contributed by atoms with van der Waals surface area (Å²) in [5.41, 5.74) is 2.16. The molecule has 0 saturated heterocycles. The molecule has 7 nitrogen and oxygen atoms in total. The predicted molar refractivity (Wildman–Crippen MR) is 38.8 cm³/mol. The summed E-state index contributed by atoms with van der Waals surface area (Å²) in [6.07, 6.45) is -7.33. The zero-order valence-corrected chi connectivity index (χ0v) is 6.72. The minimum absolute atomic E-state index is 0. The number of rotatable bonds is 3.